The smallest absolute Gasteiger partial charge is 0.255 e. The van der Waals surface area contributed by atoms with Crippen molar-refractivity contribution in [1.29, 1.82) is 0 Å². The third-order valence-electron chi connectivity index (χ3n) is 2.12. The maximum Gasteiger partial charge on any atom is 0.255 e. The molecule has 0 saturated carbocycles. The third kappa shape index (κ3) is 3.51. The number of aliphatic hydroxyl groups excluding tert-OH is 1. The first-order valence-corrected chi connectivity index (χ1v) is 5.12. The van der Waals surface area contributed by atoms with Gasteiger partial charge in [-0.2, -0.15) is 0 Å². The van der Waals surface area contributed by atoms with Crippen LogP contribution in [0.1, 0.15) is 30.6 Å². The van der Waals surface area contributed by atoms with E-state index in [-0.39, 0.29) is 23.3 Å². The number of nitrogens with one attached hydrogen (secondary N) is 1. The summed E-state index contributed by atoms with van der Waals surface area (Å²) in [5.41, 5.74) is 0.187. The summed E-state index contributed by atoms with van der Waals surface area (Å²) in [7, 11) is 0. The molecule has 1 amide bonds. The lowest BCUT2D eigenvalue weighted by Crippen LogP contribution is -2.34. The third-order valence-corrected chi connectivity index (χ3v) is 2.12. The predicted octanol–water partition coefficient (Wildman–Crippen LogP) is 0.676. The molecule has 0 radical (unpaired) electrons. The van der Waals surface area contributed by atoms with Gasteiger partial charge in [-0.1, -0.05) is 0 Å². The van der Waals surface area contributed by atoms with Gasteiger partial charge in [-0.3, -0.25) is 9.78 Å². The molecule has 1 aromatic heterocycles. The van der Waals surface area contributed by atoms with Crippen molar-refractivity contribution >= 4 is 5.91 Å². The first-order chi connectivity index (χ1) is 7.50. The van der Waals surface area contributed by atoms with Crippen LogP contribution in [-0.2, 0) is 0 Å². The minimum Gasteiger partial charge on any atom is -0.505 e. The fourth-order valence-corrected chi connectivity index (χ4v) is 1.45. The molecule has 0 bridgehead atoms. The zero-order valence-corrected chi connectivity index (χ0v) is 9.34. The maximum atomic E-state index is 11.7. The summed E-state index contributed by atoms with van der Waals surface area (Å²) in [5, 5.41) is 21.2. The van der Waals surface area contributed by atoms with Gasteiger partial charge in [0, 0.05) is 12.2 Å². The van der Waals surface area contributed by atoms with E-state index in [1.165, 1.54) is 18.5 Å². The Bertz CT molecular complexity index is 366. The molecule has 1 heterocycles. The molecule has 1 aromatic rings. The van der Waals surface area contributed by atoms with E-state index in [0.29, 0.717) is 6.42 Å². The van der Waals surface area contributed by atoms with Crippen LogP contribution < -0.4 is 5.32 Å². The molecule has 2 atom stereocenters. The van der Waals surface area contributed by atoms with Crippen molar-refractivity contribution in [1.82, 2.24) is 10.3 Å². The number of aromatic hydroxyl groups is 1. The van der Waals surface area contributed by atoms with Crippen LogP contribution >= 0.6 is 0 Å². The van der Waals surface area contributed by atoms with Gasteiger partial charge in [-0.25, -0.2) is 0 Å². The van der Waals surface area contributed by atoms with Gasteiger partial charge in [0.25, 0.3) is 5.91 Å². The van der Waals surface area contributed by atoms with E-state index in [1.54, 1.807) is 13.8 Å². The summed E-state index contributed by atoms with van der Waals surface area (Å²) in [4.78, 5) is 15.4. The largest absolute Gasteiger partial charge is 0.505 e. The number of hydrogen-bond acceptors (Lipinski definition) is 4. The Labute approximate surface area is 94.1 Å². The molecule has 0 spiro atoms. The van der Waals surface area contributed by atoms with Gasteiger partial charge >= 0.3 is 0 Å². The van der Waals surface area contributed by atoms with E-state index in [2.05, 4.69) is 10.3 Å². The Balaban J connectivity index is 2.63. The van der Waals surface area contributed by atoms with Crippen LogP contribution in [0.25, 0.3) is 0 Å². The highest BCUT2D eigenvalue weighted by molar-refractivity contribution is 5.96. The Morgan fingerprint density at radius 3 is 2.81 bits per heavy atom. The lowest BCUT2D eigenvalue weighted by Gasteiger charge is -2.15. The highest BCUT2D eigenvalue weighted by Gasteiger charge is 2.14. The van der Waals surface area contributed by atoms with Crippen LogP contribution in [0.4, 0.5) is 0 Å². The van der Waals surface area contributed by atoms with Crippen molar-refractivity contribution in [2.75, 3.05) is 0 Å². The van der Waals surface area contributed by atoms with E-state index in [9.17, 15) is 9.90 Å². The summed E-state index contributed by atoms with van der Waals surface area (Å²) in [5.74, 6) is -0.516. The van der Waals surface area contributed by atoms with E-state index >= 15 is 0 Å². The van der Waals surface area contributed by atoms with Gasteiger partial charge in [-0.05, 0) is 26.3 Å². The number of rotatable bonds is 4. The highest BCUT2D eigenvalue weighted by Crippen LogP contribution is 2.13. The van der Waals surface area contributed by atoms with Gasteiger partial charge in [0.1, 0.15) is 5.75 Å². The molecule has 2 unspecified atom stereocenters. The zero-order chi connectivity index (χ0) is 12.1. The van der Waals surface area contributed by atoms with Crippen molar-refractivity contribution < 1.29 is 15.0 Å². The Hall–Kier alpha value is -1.62. The minimum absolute atomic E-state index is 0.149. The summed E-state index contributed by atoms with van der Waals surface area (Å²) in [6.07, 6.45) is 2.65. The van der Waals surface area contributed by atoms with Gasteiger partial charge in [0.05, 0.1) is 17.9 Å². The fourth-order valence-electron chi connectivity index (χ4n) is 1.45. The van der Waals surface area contributed by atoms with Crippen molar-refractivity contribution in [3.63, 3.8) is 0 Å². The fraction of sp³-hybridized carbons (Fsp3) is 0.455. The van der Waals surface area contributed by atoms with Crippen molar-refractivity contribution in [3.8, 4) is 5.75 Å². The van der Waals surface area contributed by atoms with Crippen LogP contribution in [0.5, 0.6) is 5.75 Å². The molecular weight excluding hydrogens is 208 g/mol. The topological polar surface area (TPSA) is 82.5 Å². The summed E-state index contributed by atoms with van der Waals surface area (Å²) in [6.45, 7) is 3.45. The molecule has 0 aliphatic carbocycles. The standard InChI is InChI=1S/C11H16N2O3/c1-7(5-8(2)14)13-11(16)9-3-4-12-6-10(9)15/h3-4,6-8,14-15H,5H2,1-2H3,(H,13,16). The number of carbonyl (C=O) groups excluding carboxylic acids is 1. The van der Waals surface area contributed by atoms with E-state index in [0.717, 1.165) is 0 Å². The SMILES string of the molecule is CC(O)CC(C)NC(=O)c1ccncc1O. The summed E-state index contributed by atoms with van der Waals surface area (Å²) in [6, 6.07) is 1.29. The lowest BCUT2D eigenvalue weighted by atomic mass is 10.1. The van der Waals surface area contributed by atoms with E-state index in [1.807, 2.05) is 0 Å². The molecule has 0 saturated heterocycles. The van der Waals surface area contributed by atoms with Crippen LogP contribution in [0.15, 0.2) is 18.5 Å². The van der Waals surface area contributed by atoms with E-state index < -0.39 is 6.10 Å². The van der Waals surface area contributed by atoms with Gasteiger partial charge in [-0.15, -0.1) is 0 Å². The Kier molecular flexibility index (Phi) is 4.25. The molecule has 0 aliphatic heterocycles. The number of nitrogens with zero attached hydrogens (tertiary/aromatic N) is 1. The average Bonchev–Trinajstić information content (AvgIpc) is 2.16. The number of aliphatic hydroxyl groups is 1. The molecule has 0 aliphatic rings. The van der Waals surface area contributed by atoms with Gasteiger partial charge in [0.15, 0.2) is 0 Å². The van der Waals surface area contributed by atoms with Gasteiger partial charge in [0.2, 0.25) is 0 Å². The second-order valence-electron chi connectivity index (χ2n) is 3.85. The summed E-state index contributed by atoms with van der Waals surface area (Å²) < 4.78 is 0. The molecule has 88 valence electrons. The first-order valence-electron chi connectivity index (χ1n) is 5.12. The second kappa shape index (κ2) is 5.46. The molecular formula is C11H16N2O3. The predicted molar refractivity (Wildman–Crippen MR) is 59.1 cm³/mol. The Morgan fingerprint density at radius 1 is 1.56 bits per heavy atom. The number of amides is 1. The quantitative estimate of drug-likeness (QED) is 0.702. The molecule has 5 nitrogen and oxygen atoms in total. The minimum atomic E-state index is -0.471. The van der Waals surface area contributed by atoms with E-state index in [4.69, 9.17) is 5.11 Å². The maximum absolute atomic E-state index is 11.7. The highest BCUT2D eigenvalue weighted by atomic mass is 16.3. The average molecular weight is 224 g/mol. The van der Waals surface area contributed by atoms with Crippen LogP contribution in [0, 0.1) is 0 Å². The van der Waals surface area contributed by atoms with Gasteiger partial charge < -0.3 is 15.5 Å². The molecule has 1 rings (SSSR count). The normalized spacial score (nSPS) is 14.2. The monoisotopic (exact) mass is 224 g/mol. The lowest BCUT2D eigenvalue weighted by molar-refractivity contribution is 0.0920. The number of aromatic nitrogens is 1. The number of hydrogen-bond donors (Lipinski definition) is 3. The molecule has 3 N–H and O–H groups in total. The van der Waals surface area contributed by atoms with Crippen molar-refractivity contribution in [2.24, 2.45) is 0 Å². The van der Waals surface area contributed by atoms with Crippen LogP contribution in [-0.4, -0.2) is 33.3 Å². The number of pyridine rings is 1. The second-order valence-corrected chi connectivity index (χ2v) is 3.85. The first kappa shape index (κ1) is 12.4. The Morgan fingerprint density at radius 2 is 2.25 bits per heavy atom. The molecule has 5 heteroatoms. The molecule has 16 heavy (non-hydrogen) atoms. The van der Waals surface area contributed by atoms with Crippen LogP contribution in [0.2, 0.25) is 0 Å². The van der Waals surface area contributed by atoms with Crippen molar-refractivity contribution in [3.05, 3.63) is 24.0 Å². The van der Waals surface area contributed by atoms with Crippen LogP contribution in [0.3, 0.4) is 0 Å². The number of carbonyl (C=O) groups is 1. The molecule has 0 fully saturated rings. The van der Waals surface area contributed by atoms with Crippen molar-refractivity contribution in [2.45, 2.75) is 32.4 Å². The molecule has 0 aromatic carbocycles. The summed E-state index contributed by atoms with van der Waals surface area (Å²) >= 11 is 0. The zero-order valence-electron chi connectivity index (χ0n) is 9.34.